The third-order valence-electron chi connectivity index (χ3n) is 12.4. The van der Waals surface area contributed by atoms with Crippen molar-refractivity contribution >= 4 is 15.9 Å². The molecule has 0 aliphatic heterocycles. The van der Waals surface area contributed by atoms with Crippen LogP contribution >= 0.6 is 15.9 Å². The number of rotatable bonds is 46. The van der Waals surface area contributed by atoms with Gasteiger partial charge in [0.1, 0.15) is 0 Å². The van der Waals surface area contributed by atoms with E-state index in [0.717, 1.165) is 18.3 Å². The number of halogens is 1. The van der Waals surface area contributed by atoms with E-state index >= 15 is 0 Å². The van der Waals surface area contributed by atoms with Gasteiger partial charge in [0.2, 0.25) is 0 Å². The van der Waals surface area contributed by atoms with Crippen molar-refractivity contribution < 1.29 is 5.11 Å². The van der Waals surface area contributed by atoms with Crippen molar-refractivity contribution in [2.24, 2.45) is 11.8 Å². The molecule has 1 nitrogen and oxygen atoms in total. The Morgan fingerprint density at radius 2 is 0.444 bits per heavy atom. The Morgan fingerprint density at radius 3 is 0.648 bits per heavy atom. The highest BCUT2D eigenvalue weighted by Gasteiger charge is 2.10. The summed E-state index contributed by atoms with van der Waals surface area (Å²) in [5.41, 5.74) is 0. The Bertz CT molecular complexity index is 555. The molecule has 1 N–H and O–H groups in total. The lowest BCUT2D eigenvalue weighted by Crippen LogP contribution is -2.02. The predicted molar refractivity (Wildman–Crippen MR) is 254 cm³/mol. The molecule has 0 aromatic heterocycles. The van der Waals surface area contributed by atoms with Gasteiger partial charge in [0.15, 0.2) is 0 Å². The number of aliphatic hydroxyl groups is 1. The quantitative estimate of drug-likeness (QED) is 0.0479. The fourth-order valence-corrected chi connectivity index (χ4v) is 8.91. The number of hydrogen-bond donors (Lipinski definition) is 1. The lowest BCUT2D eigenvalue weighted by molar-refractivity contribution is 0.261. The molecule has 0 aromatic carbocycles. The predicted octanol–water partition coefficient (Wildman–Crippen LogP) is 19.8. The minimum atomic E-state index is 0.381. The minimum absolute atomic E-state index is 0.381. The first-order chi connectivity index (χ1) is 26.7. The van der Waals surface area contributed by atoms with Crippen molar-refractivity contribution in [1.29, 1.82) is 0 Å². The van der Waals surface area contributed by atoms with E-state index in [0.29, 0.717) is 6.61 Å². The first-order valence-corrected chi connectivity index (χ1v) is 27.0. The Hall–Kier alpha value is 0.440. The van der Waals surface area contributed by atoms with Crippen molar-refractivity contribution in [3.63, 3.8) is 0 Å². The van der Waals surface area contributed by atoms with Gasteiger partial charge in [0, 0.05) is 11.9 Å². The van der Waals surface area contributed by atoms with E-state index in [1.54, 1.807) is 0 Å². The van der Waals surface area contributed by atoms with Crippen LogP contribution in [0.4, 0.5) is 0 Å². The van der Waals surface area contributed by atoms with Crippen LogP contribution in [0, 0.1) is 11.8 Å². The summed E-state index contributed by atoms with van der Waals surface area (Å²) in [7, 11) is 0. The van der Waals surface area contributed by atoms with Gasteiger partial charge in [-0.3, -0.25) is 0 Å². The summed E-state index contributed by atoms with van der Waals surface area (Å²) in [4.78, 5) is 0. The number of aliphatic hydroxyl groups excluding tert-OH is 1. The lowest BCUT2D eigenvalue weighted by Gasteiger charge is -2.16. The number of alkyl halides is 1. The number of hydrogen-bond acceptors (Lipinski definition) is 1. The van der Waals surface area contributed by atoms with Crippen LogP contribution < -0.4 is 0 Å². The first-order valence-electron chi connectivity index (χ1n) is 25.9. The summed E-state index contributed by atoms with van der Waals surface area (Å²) >= 11 is 3.63. The maximum atomic E-state index is 9.17. The molecule has 2 heteroatoms. The summed E-state index contributed by atoms with van der Waals surface area (Å²) in [6, 6.07) is 0. The van der Waals surface area contributed by atoms with Crippen LogP contribution in [0.15, 0.2) is 0 Å². The van der Waals surface area contributed by atoms with Crippen molar-refractivity contribution in [3.05, 3.63) is 0 Å². The van der Waals surface area contributed by atoms with E-state index in [-0.39, 0.29) is 0 Å². The maximum Gasteiger partial charge on any atom is 0.0431 e. The normalized spacial score (nSPS) is 12.6. The summed E-state index contributed by atoms with van der Waals surface area (Å²) < 4.78 is 0. The monoisotopic (exact) mass is 827 g/mol. The summed E-state index contributed by atoms with van der Waals surface area (Å²) in [6.07, 6.45) is 62.9. The molecular formula is C52H107BrO. The molecule has 0 fully saturated rings. The van der Waals surface area contributed by atoms with E-state index < -0.39 is 0 Å². The SMILES string of the molecule is CCCCCCCCCCCCC(CCCBr)CCCCCCCCCC.CCCCCCCCCCCCC(CCCO)CCCCCCCCCC. The van der Waals surface area contributed by atoms with Gasteiger partial charge >= 0.3 is 0 Å². The molecule has 0 saturated heterocycles. The molecule has 0 radical (unpaired) electrons. The topological polar surface area (TPSA) is 20.2 Å². The van der Waals surface area contributed by atoms with Crippen LogP contribution in [0.3, 0.4) is 0 Å². The molecule has 54 heavy (non-hydrogen) atoms. The zero-order chi connectivity index (χ0) is 39.7. The van der Waals surface area contributed by atoms with E-state index in [2.05, 4.69) is 43.6 Å². The van der Waals surface area contributed by atoms with Crippen LogP contribution in [-0.2, 0) is 0 Å². The average Bonchev–Trinajstić information content (AvgIpc) is 3.18. The minimum Gasteiger partial charge on any atom is -0.396 e. The second-order valence-electron chi connectivity index (χ2n) is 17.9. The number of unbranched alkanes of at least 4 members (excludes halogenated alkanes) is 32. The summed E-state index contributed by atoms with van der Waals surface area (Å²) in [5, 5.41) is 10.4. The van der Waals surface area contributed by atoms with Crippen LogP contribution in [0.2, 0.25) is 0 Å². The van der Waals surface area contributed by atoms with Crippen LogP contribution in [0.5, 0.6) is 0 Å². The first kappa shape index (κ1) is 56.5. The second kappa shape index (κ2) is 53.4. The average molecular weight is 828 g/mol. The molecule has 2 atom stereocenters. The molecule has 0 aliphatic rings. The summed E-state index contributed by atoms with van der Waals surface area (Å²) in [6.45, 7) is 9.58. The van der Waals surface area contributed by atoms with Crippen molar-refractivity contribution in [1.82, 2.24) is 0 Å². The molecule has 0 amide bonds. The third kappa shape index (κ3) is 50.5. The van der Waals surface area contributed by atoms with Crippen molar-refractivity contribution in [2.45, 2.75) is 310 Å². The van der Waals surface area contributed by atoms with Gasteiger partial charge in [-0.1, -0.05) is 300 Å². The van der Waals surface area contributed by atoms with E-state index in [9.17, 15) is 5.11 Å². The Balaban J connectivity index is 0. The Labute approximate surface area is 353 Å². The second-order valence-corrected chi connectivity index (χ2v) is 18.7. The Kier molecular flexibility index (Phi) is 55.9. The van der Waals surface area contributed by atoms with Gasteiger partial charge in [-0.15, -0.1) is 0 Å². The molecule has 0 aromatic rings. The Morgan fingerprint density at radius 1 is 0.259 bits per heavy atom. The van der Waals surface area contributed by atoms with Gasteiger partial charge < -0.3 is 5.11 Å². The highest BCUT2D eigenvalue weighted by molar-refractivity contribution is 9.09. The molecule has 0 bridgehead atoms. The largest absolute Gasteiger partial charge is 0.396 e. The van der Waals surface area contributed by atoms with Gasteiger partial charge in [-0.25, -0.2) is 0 Å². The van der Waals surface area contributed by atoms with Crippen LogP contribution in [0.25, 0.3) is 0 Å². The maximum absolute atomic E-state index is 9.17. The van der Waals surface area contributed by atoms with Gasteiger partial charge in [-0.2, -0.15) is 0 Å². The van der Waals surface area contributed by atoms with Gasteiger partial charge in [0.25, 0.3) is 0 Å². The molecule has 0 aliphatic carbocycles. The molecule has 0 rings (SSSR count). The third-order valence-corrected chi connectivity index (χ3v) is 12.9. The van der Waals surface area contributed by atoms with Gasteiger partial charge in [-0.05, 0) is 37.5 Å². The summed E-state index contributed by atoms with van der Waals surface area (Å²) in [5.74, 6) is 1.89. The fourth-order valence-electron chi connectivity index (χ4n) is 8.59. The van der Waals surface area contributed by atoms with Crippen LogP contribution in [-0.4, -0.2) is 17.0 Å². The lowest BCUT2D eigenvalue weighted by atomic mass is 9.90. The molecule has 0 saturated carbocycles. The van der Waals surface area contributed by atoms with E-state index in [1.807, 2.05) is 0 Å². The molecular weight excluding hydrogens is 720 g/mol. The van der Waals surface area contributed by atoms with E-state index in [1.165, 1.54) is 281 Å². The standard InChI is InChI=1S/C26H53Br.C26H54O/c2*1-3-5-7-9-11-13-14-16-18-20-23-26(24-21-25-27)22-19-17-15-12-10-8-6-4-2/h26H,3-25H2,1-2H3;26-27H,3-25H2,1-2H3. The zero-order valence-electron chi connectivity index (χ0n) is 38.5. The highest BCUT2D eigenvalue weighted by Crippen LogP contribution is 2.25. The molecule has 0 heterocycles. The van der Waals surface area contributed by atoms with Crippen molar-refractivity contribution in [3.8, 4) is 0 Å². The smallest absolute Gasteiger partial charge is 0.0431 e. The highest BCUT2D eigenvalue weighted by atomic mass is 79.9. The molecule has 0 spiro atoms. The van der Waals surface area contributed by atoms with Crippen molar-refractivity contribution in [2.75, 3.05) is 11.9 Å². The molecule has 2 unspecified atom stereocenters. The van der Waals surface area contributed by atoms with E-state index in [4.69, 9.17) is 0 Å². The molecule has 328 valence electrons. The van der Waals surface area contributed by atoms with Gasteiger partial charge in [0.05, 0.1) is 0 Å². The van der Waals surface area contributed by atoms with Crippen LogP contribution in [0.1, 0.15) is 310 Å². The fraction of sp³-hybridized carbons (Fsp3) is 1.00. The zero-order valence-corrected chi connectivity index (χ0v) is 40.1.